The summed E-state index contributed by atoms with van der Waals surface area (Å²) in [5, 5.41) is 3.61. The number of hydrogen-bond acceptors (Lipinski definition) is 1. The summed E-state index contributed by atoms with van der Waals surface area (Å²) < 4.78 is 0. The van der Waals surface area contributed by atoms with E-state index in [4.69, 9.17) is 0 Å². The van der Waals surface area contributed by atoms with Crippen LogP contribution in [0.25, 0.3) is 0 Å². The Balaban J connectivity index is 1.90. The van der Waals surface area contributed by atoms with Crippen molar-refractivity contribution >= 4 is 0 Å². The molecule has 2 N–H and O–H groups in total. The van der Waals surface area contributed by atoms with Gasteiger partial charge < -0.3 is 10.3 Å². The van der Waals surface area contributed by atoms with Crippen molar-refractivity contribution in [1.82, 2.24) is 10.3 Å². The van der Waals surface area contributed by atoms with Gasteiger partial charge >= 0.3 is 0 Å². The fourth-order valence-electron chi connectivity index (χ4n) is 2.40. The lowest BCUT2D eigenvalue weighted by molar-refractivity contribution is 0.457. The summed E-state index contributed by atoms with van der Waals surface area (Å²) in [5.74, 6) is 0. The lowest BCUT2D eigenvalue weighted by atomic mass is 10.0. The van der Waals surface area contributed by atoms with Crippen LogP contribution in [0.15, 0.2) is 18.3 Å². The van der Waals surface area contributed by atoms with E-state index in [1.807, 2.05) is 12.3 Å². The fourth-order valence-corrected chi connectivity index (χ4v) is 2.40. The lowest BCUT2D eigenvalue weighted by Crippen LogP contribution is -2.21. The van der Waals surface area contributed by atoms with Crippen LogP contribution in [0.5, 0.6) is 0 Å². The molecule has 1 aromatic rings. The van der Waals surface area contributed by atoms with E-state index in [1.54, 1.807) is 0 Å². The normalized spacial score (nSPS) is 23.7. The number of nitrogens with one attached hydrogen (secondary N) is 2. The van der Waals surface area contributed by atoms with Crippen molar-refractivity contribution in [2.75, 3.05) is 0 Å². The smallest absolute Gasteiger partial charge is 0.0360 e. The molecule has 2 nitrogen and oxygen atoms in total. The van der Waals surface area contributed by atoms with E-state index in [2.05, 4.69) is 44.1 Å². The molecule has 0 unspecified atom stereocenters. The molecule has 0 aliphatic heterocycles. The molecule has 1 fully saturated rings. The van der Waals surface area contributed by atoms with Crippen LogP contribution in [0.3, 0.4) is 0 Å². The molecule has 78 valence electrons. The van der Waals surface area contributed by atoms with Gasteiger partial charge in [-0.25, -0.2) is 0 Å². The molecule has 0 radical (unpaired) electrons. The second kappa shape index (κ2) is 2.86. The molecule has 14 heavy (non-hydrogen) atoms. The van der Waals surface area contributed by atoms with Gasteiger partial charge in [-0.1, -0.05) is 27.7 Å². The van der Waals surface area contributed by atoms with Gasteiger partial charge in [0.1, 0.15) is 0 Å². The maximum Gasteiger partial charge on any atom is 0.0360 e. The average Bonchev–Trinajstić information content (AvgIpc) is 2.54. The monoisotopic (exact) mass is 192 g/mol. The summed E-state index contributed by atoms with van der Waals surface area (Å²) in [6.07, 6.45) is 1.97. The highest BCUT2D eigenvalue weighted by Crippen LogP contribution is 2.62. The summed E-state index contributed by atoms with van der Waals surface area (Å²) in [7, 11) is 0. The van der Waals surface area contributed by atoms with Gasteiger partial charge in [0, 0.05) is 24.5 Å². The third-order valence-electron chi connectivity index (χ3n) is 4.18. The number of hydrogen-bond donors (Lipinski definition) is 2. The van der Waals surface area contributed by atoms with Crippen molar-refractivity contribution < 1.29 is 0 Å². The first-order valence-corrected chi connectivity index (χ1v) is 5.32. The Bertz CT molecular complexity index is 295. The van der Waals surface area contributed by atoms with Gasteiger partial charge in [0.25, 0.3) is 0 Å². The highest BCUT2D eigenvalue weighted by atomic mass is 15.0. The predicted octanol–water partition coefficient (Wildman–Crippen LogP) is 2.54. The molecule has 0 amide bonds. The molecule has 1 heterocycles. The maximum atomic E-state index is 3.61. The van der Waals surface area contributed by atoms with Crippen molar-refractivity contribution in [2.24, 2.45) is 10.8 Å². The van der Waals surface area contributed by atoms with E-state index in [0.29, 0.717) is 16.9 Å². The summed E-state index contributed by atoms with van der Waals surface area (Å²) in [6.45, 7) is 10.3. The number of H-pyrrole nitrogens is 1. The van der Waals surface area contributed by atoms with Crippen LogP contribution in [-0.4, -0.2) is 11.0 Å². The predicted molar refractivity (Wildman–Crippen MR) is 59.0 cm³/mol. The first-order chi connectivity index (χ1) is 6.46. The molecule has 1 saturated carbocycles. The van der Waals surface area contributed by atoms with Crippen molar-refractivity contribution in [3.05, 3.63) is 24.0 Å². The second-order valence-corrected chi connectivity index (χ2v) is 5.45. The Morgan fingerprint density at radius 3 is 2.36 bits per heavy atom. The molecule has 0 bridgehead atoms. The summed E-state index contributed by atoms with van der Waals surface area (Å²) >= 11 is 0. The number of rotatable bonds is 3. The van der Waals surface area contributed by atoms with Crippen LogP contribution in [0, 0.1) is 10.8 Å². The maximum absolute atomic E-state index is 3.61. The molecule has 0 atom stereocenters. The van der Waals surface area contributed by atoms with Gasteiger partial charge in [0.15, 0.2) is 0 Å². The largest absolute Gasteiger partial charge is 0.364 e. The molecule has 1 aromatic heterocycles. The number of aromatic amines is 1. The molecular formula is C12H20N2. The van der Waals surface area contributed by atoms with Gasteiger partial charge in [-0.3, -0.25) is 0 Å². The molecule has 1 aliphatic carbocycles. The van der Waals surface area contributed by atoms with Crippen LogP contribution in [0.1, 0.15) is 33.4 Å². The van der Waals surface area contributed by atoms with E-state index in [-0.39, 0.29) is 0 Å². The molecule has 1 aliphatic rings. The van der Waals surface area contributed by atoms with Gasteiger partial charge in [0.05, 0.1) is 0 Å². The van der Waals surface area contributed by atoms with Crippen LogP contribution >= 0.6 is 0 Å². The van der Waals surface area contributed by atoms with E-state index in [0.717, 1.165) is 6.54 Å². The van der Waals surface area contributed by atoms with Gasteiger partial charge in [-0.05, 0) is 23.0 Å². The first-order valence-electron chi connectivity index (χ1n) is 5.32. The Labute approximate surface area is 86.1 Å². The van der Waals surface area contributed by atoms with Gasteiger partial charge in [0.2, 0.25) is 0 Å². The second-order valence-electron chi connectivity index (χ2n) is 5.45. The molecule has 2 heteroatoms. The molecule has 2 rings (SSSR count). The summed E-state index contributed by atoms with van der Waals surface area (Å²) in [5.41, 5.74) is 2.13. The molecule has 0 aromatic carbocycles. The molecule has 0 saturated heterocycles. The first kappa shape index (κ1) is 9.78. The highest BCUT2D eigenvalue weighted by molar-refractivity contribution is 5.18. The SMILES string of the molecule is CC1(C)C(NCc2ccc[nH]2)C1(C)C. The van der Waals surface area contributed by atoms with Crippen LogP contribution < -0.4 is 5.32 Å². The average molecular weight is 192 g/mol. The number of aromatic nitrogens is 1. The topological polar surface area (TPSA) is 27.8 Å². The Kier molecular flexibility index (Phi) is 2.00. The third kappa shape index (κ3) is 1.29. The summed E-state index contributed by atoms with van der Waals surface area (Å²) in [4.78, 5) is 3.21. The fraction of sp³-hybridized carbons (Fsp3) is 0.667. The van der Waals surface area contributed by atoms with Crippen molar-refractivity contribution in [3.8, 4) is 0 Å². The zero-order chi connectivity index (χ0) is 10.4. The van der Waals surface area contributed by atoms with Crippen LogP contribution in [0.2, 0.25) is 0 Å². The van der Waals surface area contributed by atoms with Crippen molar-refractivity contribution in [1.29, 1.82) is 0 Å². The van der Waals surface area contributed by atoms with Crippen LogP contribution in [-0.2, 0) is 6.54 Å². The zero-order valence-electron chi connectivity index (χ0n) is 9.52. The summed E-state index contributed by atoms with van der Waals surface area (Å²) in [6, 6.07) is 4.80. The minimum atomic E-state index is 0.430. The highest BCUT2D eigenvalue weighted by Gasteiger charge is 2.64. The minimum absolute atomic E-state index is 0.430. The standard InChI is InChI=1S/C12H20N2/c1-11(2)10(12(11,3)4)14-8-9-6-5-7-13-9/h5-7,10,13-14H,8H2,1-4H3. The molecular weight excluding hydrogens is 172 g/mol. The minimum Gasteiger partial charge on any atom is -0.364 e. The van der Waals surface area contributed by atoms with Crippen molar-refractivity contribution in [2.45, 2.75) is 40.3 Å². The van der Waals surface area contributed by atoms with E-state index >= 15 is 0 Å². The Morgan fingerprint density at radius 2 is 1.93 bits per heavy atom. The van der Waals surface area contributed by atoms with E-state index in [9.17, 15) is 0 Å². The Morgan fingerprint density at radius 1 is 1.29 bits per heavy atom. The van der Waals surface area contributed by atoms with Crippen LogP contribution in [0.4, 0.5) is 0 Å². The van der Waals surface area contributed by atoms with Crippen molar-refractivity contribution in [3.63, 3.8) is 0 Å². The molecule has 0 spiro atoms. The van der Waals surface area contributed by atoms with E-state index < -0.39 is 0 Å². The quantitative estimate of drug-likeness (QED) is 0.756. The van der Waals surface area contributed by atoms with Gasteiger partial charge in [-0.2, -0.15) is 0 Å². The Hall–Kier alpha value is -0.760. The van der Waals surface area contributed by atoms with Gasteiger partial charge in [-0.15, -0.1) is 0 Å². The lowest BCUT2D eigenvalue weighted by Gasteiger charge is -2.04. The third-order valence-corrected chi connectivity index (χ3v) is 4.18. The van der Waals surface area contributed by atoms with E-state index in [1.165, 1.54) is 5.69 Å². The zero-order valence-corrected chi connectivity index (χ0v) is 9.52.